The molecule has 1 aromatic rings. The molecule has 1 rings (SSSR count). The van der Waals surface area contributed by atoms with E-state index in [1.54, 1.807) is 0 Å². The lowest BCUT2D eigenvalue weighted by Crippen LogP contribution is -2.40. The summed E-state index contributed by atoms with van der Waals surface area (Å²) in [6.07, 6.45) is 35.6. The highest BCUT2D eigenvalue weighted by Gasteiger charge is 2.22. The molecule has 0 aromatic carbocycles. The number of unbranched alkanes of at least 4 members (excludes halogenated alkanes) is 18. The summed E-state index contributed by atoms with van der Waals surface area (Å²) in [5.74, 6) is 2.09. The molecule has 0 amide bonds. The molecule has 0 bridgehead atoms. The van der Waals surface area contributed by atoms with E-state index in [0.717, 1.165) is 0 Å². The molecule has 0 aliphatic rings. The minimum Gasteiger partial charge on any atom is -0.247 e. The number of nitrogens with zero attached hydrogens (tertiary/aromatic N) is 1. The Bertz CT molecular complexity index is 521. The van der Waals surface area contributed by atoms with Crippen molar-refractivity contribution in [2.75, 3.05) is 0 Å². The topological polar surface area (TPSA) is 19.7 Å². The number of rotatable bonds is 24. The number of aromatic amines is 1. The van der Waals surface area contributed by atoms with Crippen LogP contribution in [0.4, 0.5) is 0 Å². The van der Waals surface area contributed by atoms with Crippen molar-refractivity contribution in [2.24, 2.45) is 0 Å². The first-order valence-electron chi connectivity index (χ1n) is 15.3. The van der Waals surface area contributed by atoms with Crippen LogP contribution in [-0.4, -0.2) is 4.98 Å². The fraction of sp³-hybridized carbons (Fsp3) is 0.903. The van der Waals surface area contributed by atoms with E-state index < -0.39 is 0 Å². The quantitative estimate of drug-likeness (QED) is 0.117. The van der Waals surface area contributed by atoms with Crippen molar-refractivity contribution in [1.82, 2.24) is 4.98 Å². The van der Waals surface area contributed by atoms with Gasteiger partial charge in [0.15, 0.2) is 0 Å². The lowest BCUT2D eigenvalue weighted by Gasteiger charge is -2.14. The Labute approximate surface area is 208 Å². The molecule has 0 saturated heterocycles. The third-order valence-electron chi connectivity index (χ3n) is 7.65. The largest absolute Gasteiger partial charge is 0.257 e. The third kappa shape index (κ3) is 15.7. The van der Waals surface area contributed by atoms with Crippen LogP contribution in [0, 0.1) is 0 Å². The van der Waals surface area contributed by atoms with Gasteiger partial charge in [0, 0.05) is 0 Å². The molecule has 2 atom stereocenters. The van der Waals surface area contributed by atoms with E-state index in [2.05, 4.69) is 49.6 Å². The molecular formula is C31H61N2+. The molecule has 0 spiro atoms. The molecular weight excluding hydrogens is 400 g/mol. The summed E-state index contributed by atoms with van der Waals surface area (Å²) in [5, 5.41) is 0. The second-order valence-corrected chi connectivity index (χ2v) is 10.9. The van der Waals surface area contributed by atoms with Gasteiger partial charge in [-0.2, -0.15) is 0 Å². The van der Waals surface area contributed by atoms with Crippen molar-refractivity contribution in [3.05, 3.63) is 18.2 Å². The molecule has 2 unspecified atom stereocenters. The van der Waals surface area contributed by atoms with Crippen LogP contribution >= 0.6 is 0 Å². The zero-order valence-corrected chi connectivity index (χ0v) is 23.3. The molecule has 1 aromatic heterocycles. The first kappa shape index (κ1) is 30.2. The number of nitrogens with one attached hydrogen (secondary N) is 1. The SMILES string of the molecule is CCCCCCCCCCCCCCCCCC(C)[n+]1cc[nH]c1C(C)CCCCCCC. The van der Waals surface area contributed by atoms with Crippen LogP contribution in [0.3, 0.4) is 0 Å². The second kappa shape index (κ2) is 21.7. The van der Waals surface area contributed by atoms with E-state index in [9.17, 15) is 0 Å². The normalized spacial score (nSPS) is 13.5. The molecule has 2 heteroatoms. The van der Waals surface area contributed by atoms with Gasteiger partial charge in [-0.1, -0.05) is 143 Å². The van der Waals surface area contributed by atoms with Gasteiger partial charge in [-0.3, -0.25) is 0 Å². The number of hydrogen-bond donors (Lipinski definition) is 1. The summed E-state index contributed by atoms with van der Waals surface area (Å²) in [5.41, 5.74) is 0. The van der Waals surface area contributed by atoms with Crippen molar-refractivity contribution >= 4 is 0 Å². The standard InChI is InChI=1S/C31H60N2/c1-5-7-9-11-12-13-14-15-16-17-18-19-20-22-24-26-30(4)33-28-27-32-31(33)29(3)25-23-21-10-8-6-2/h27-30H,5-26H2,1-4H3/p+1. The first-order chi connectivity index (χ1) is 16.2. The van der Waals surface area contributed by atoms with Gasteiger partial charge in [-0.25, -0.2) is 9.55 Å². The highest BCUT2D eigenvalue weighted by Crippen LogP contribution is 2.21. The molecule has 0 fully saturated rings. The predicted molar refractivity (Wildman–Crippen MR) is 147 cm³/mol. The first-order valence-corrected chi connectivity index (χ1v) is 15.3. The minimum absolute atomic E-state index is 0.621. The van der Waals surface area contributed by atoms with E-state index in [-0.39, 0.29) is 0 Å². The average Bonchev–Trinajstić information content (AvgIpc) is 3.31. The van der Waals surface area contributed by atoms with Gasteiger partial charge >= 0.3 is 0 Å². The van der Waals surface area contributed by atoms with E-state index in [4.69, 9.17) is 0 Å². The highest BCUT2D eigenvalue weighted by molar-refractivity contribution is 4.87. The minimum atomic E-state index is 0.621. The summed E-state index contributed by atoms with van der Waals surface area (Å²) < 4.78 is 2.53. The Morgan fingerprint density at radius 2 is 0.970 bits per heavy atom. The van der Waals surface area contributed by atoms with E-state index >= 15 is 0 Å². The highest BCUT2D eigenvalue weighted by atomic mass is 15.1. The van der Waals surface area contributed by atoms with Crippen LogP contribution in [0.1, 0.15) is 187 Å². The molecule has 1 heterocycles. The third-order valence-corrected chi connectivity index (χ3v) is 7.65. The maximum Gasteiger partial charge on any atom is 0.257 e. The van der Waals surface area contributed by atoms with Crippen LogP contribution in [0.2, 0.25) is 0 Å². The zero-order chi connectivity index (χ0) is 24.0. The Balaban J connectivity index is 2.01. The maximum atomic E-state index is 3.56. The van der Waals surface area contributed by atoms with Crippen LogP contribution in [-0.2, 0) is 0 Å². The van der Waals surface area contributed by atoms with Gasteiger partial charge in [0.25, 0.3) is 5.82 Å². The van der Waals surface area contributed by atoms with Crippen LogP contribution in [0.5, 0.6) is 0 Å². The van der Waals surface area contributed by atoms with Crippen molar-refractivity contribution in [3.63, 3.8) is 0 Å². The molecule has 0 aliphatic carbocycles. The molecule has 2 nitrogen and oxygen atoms in total. The summed E-state index contributed by atoms with van der Waals surface area (Å²) in [6, 6.07) is 0.621. The van der Waals surface area contributed by atoms with Gasteiger partial charge < -0.3 is 0 Å². The molecule has 0 radical (unpaired) electrons. The molecule has 194 valence electrons. The number of aromatic nitrogens is 2. The zero-order valence-electron chi connectivity index (χ0n) is 23.3. The molecule has 0 saturated carbocycles. The fourth-order valence-electron chi connectivity index (χ4n) is 5.28. The van der Waals surface area contributed by atoms with E-state index in [1.165, 1.54) is 147 Å². The summed E-state index contributed by atoms with van der Waals surface area (Å²) in [4.78, 5) is 3.56. The van der Waals surface area contributed by atoms with Crippen molar-refractivity contribution in [3.8, 4) is 0 Å². The van der Waals surface area contributed by atoms with Crippen molar-refractivity contribution in [2.45, 2.75) is 181 Å². The lowest BCUT2D eigenvalue weighted by molar-refractivity contribution is -0.727. The molecule has 1 N–H and O–H groups in total. The maximum absolute atomic E-state index is 3.56. The average molecular weight is 462 g/mol. The van der Waals surface area contributed by atoms with E-state index in [0.29, 0.717) is 12.0 Å². The Morgan fingerprint density at radius 1 is 0.576 bits per heavy atom. The summed E-state index contributed by atoms with van der Waals surface area (Å²) >= 11 is 0. The fourth-order valence-corrected chi connectivity index (χ4v) is 5.28. The number of hydrogen-bond acceptors (Lipinski definition) is 0. The van der Waals surface area contributed by atoms with Gasteiger partial charge in [0.1, 0.15) is 12.4 Å². The van der Waals surface area contributed by atoms with Crippen LogP contribution < -0.4 is 4.57 Å². The Kier molecular flexibility index (Phi) is 19.9. The van der Waals surface area contributed by atoms with E-state index in [1.807, 2.05) is 0 Å². The van der Waals surface area contributed by atoms with Crippen LogP contribution in [0.25, 0.3) is 0 Å². The van der Waals surface area contributed by atoms with Gasteiger partial charge in [-0.15, -0.1) is 0 Å². The summed E-state index contributed by atoms with van der Waals surface area (Å²) in [7, 11) is 0. The van der Waals surface area contributed by atoms with Crippen molar-refractivity contribution in [1.29, 1.82) is 0 Å². The lowest BCUT2D eigenvalue weighted by atomic mass is 10.0. The Hall–Kier alpha value is -0.790. The van der Waals surface area contributed by atoms with Gasteiger partial charge in [0.2, 0.25) is 0 Å². The number of imidazole rings is 1. The molecule has 33 heavy (non-hydrogen) atoms. The predicted octanol–water partition coefficient (Wildman–Crippen LogP) is 10.6. The second-order valence-electron chi connectivity index (χ2n) is 10.9. The monoisotopic (exact) mass is 461 g/mol. The van der Waals surface area contributed by atoms with Gasteiger partial charge in [-0.05, 0) is 26.2 Å². The summed E-state index contributed by atoms with van der Waals surface area (Å²) in [6.45, 7) is 9.42. The van der Waals surface area contributed by atoms with Gasteiger partial charge in [0.05, 0.1) is 12.0 Å². The smallest absolute Gasteiger partial charge is 0.247 e. The Morgan fingerprint density at radius 3 is 1.42 bits per heavy atom. The molecule has 0 aliphatic heterocycles. The number of H-pyrrole nitrogens is 1. The van der Waals surface area contributed by atoms with Crippen molar-refractivity contribution < 1.29 is 4.57 Å². The van der Waals surface area contributed by atoms with Crippen LogP contribution in [0.15, 0.2) is 12.4 Å².